The predicted octanol–water partition coefficient (Wildman–Crippen LogP) is 4.67. The fourth-order valence-electron chi connectivity index (χ4n) is 3.29. The van der Waals surface area contributed by atoms with Gasteiger partial charge in [0.2, 0.25) is 0 Å². The number of ether oxygens (including phenoxy) is 2. The number of carbonyl (C=O) groups is 2. The minimum absolute atomic E-state index is 0.133. The van der Waals surface area contributed by atoms with Gasteiger partial charge in [-0.05, 0) is 55.0 Å². The molecule has 158 valence electrons. The van der Waals surface area contributed by atoms with Gasteiger partial charge in [-0.2, -0.15) is 0 Å². The van der Waals surface area contributed by atoms with Crippen molar-refractivity contribution in [3.63, 3.8) is 0 Å². The zero-order chi connectivity index (χ0) is 21.8. The third-order valence-electron chi connectivity index (χ3n) is 4.82. The van der Waals surface area contributed by atoms with E-state index in [4.69, 9.17) is 21.1 Å². The van der Waals surface area contributed by atoms with Crippen LogP contribution >= 0.6 is 11.6 Å². The van der Waals surface area contributed by atoms with Gasteiger partial charge in [0.05, 0.1) is 12.2 Å². The number of hydrogen-bond acceptors (Lipinski definition) is 4. The summed E-state index contributed by atoms with van der Waals surface area (Å²) in [7, 11) is 0. The second-order valence-corrected chi connectivity index (χ2v) is 7.58. The fraction of sp³-hybridized carbons (Fsp3) is 0.167. The van der Waals surface area contributed by atoms with E-state index in [0.29, 0.717) is 34.4 Å². The summed E-state index contributed by atoms with van der Waals surface area (Å²) in [5.74, 6) is 0.692. The highest BCUT2D eigenvalue weighted by Gasteiger charge is 2.31. The summed E-state index contributed by atoms with van der Waals surface area (Å²) in [6, 6.07) is 21.7. The van der Waals surface area contributed by atoms with Crippen molar-refractivity contribution in [2.24, 2.45) is 0 Å². The maximum absolute atomic E-state index is 12.8. The molecule has 3 aromatic rings. The molecule has 0 fully saturated rings. The van der Waals surface area contributed by atoms with Crippen LogP contribution in [0.25, 0.3) is 0 Å². The predicted molar refractivity (Wildman–Crippen MR) is 120 cm³/mol. The Morgan fingerprint density at radius 3 is 2.58 bits per heavy atom. The molecule has 0 aliphatic carbocycles. The molecule has 0 radical (unpaired) electrons. The lowest BCUT2D eigenvalue weighted by molar-refractivity contribution is -0.125. The summed E-state index contributed by atoms with van der Waals surface area (Å²) >= 11 is 5.85. The highest BCUT2D eigenvalue weighted by molar-refractivity contribution is 6.30. The number of anilines is 2. The monoisotopic (exact) mass is 436 g/mol. The van der Waals surface area contributed by atoms with Crippen molar-refractivity contribution >= 4 is 34.8 Å². The van der Waals surface area contributed by atoms with Gasteiger partial charge < -0.3 is 19.7 Å². The number of amides is 2. The van der Waals surface area contributed by atoms with Crippen molar-refractivity contribution in [1.29, 1.82) is 0 Å². The summed E-state index contributed by atoms with van der Waals surface area (Å²) in [4.78, 5) is 26.8. The van der Waals surface area contributed by atoms with Crippen molar-refractivity contribution in [3.05, 3.63) is 83.4 Å². The molecule has 3 aromatic carbocycles. The van der Waals surface area contributed by atoms with Crippen LogP contribution in [0.3, 0.4) is 0 Å². The smallest absolute Gasteiger partial charge is 0.268 e. The number of fused-ring (bicyclic) bond motifs is 1. The van der Waals surface area contributed by atoms with Gasteiger partial charge in [0.15, 0.2) is 12.7 Å². The normalized spacial score (nSPS) is 15.1. The molecule has 4 rings (SSSR count). The van der Waals surface area contributed by atoms with Crippen molar-refractivity contribution in [3.8, 4) is 11.5 Å². The van der Waals surface area contributed by atoms with Crippen LogP contribution in [0.5, 0.6) is 11.5 Å². The molecule has 31 heavy (non-hydrogen) atoms. The van der Waals surface area contributed by atoms with Crippen LogP contribution in [0.2, 0.25) is 5.02 Å². The maximum atomic E-state index is 12.8. The molecule has 0 spiro atoms. The lowest BCUT2D eigenvalue weighted by Gasteiger charge is -2.33. The highest BCUT2D eigenvalue weighted by Crippen LogP contribution is 2.37. The highest BCUT2D eigenvalue weighted by atomic mass is 35.5. The molecule has 7 heteroatoms. The molecule has 1 aliphatic heterocycles. The number of nitrogens with zero attached hydrogens (tertiary/aromatic N) is 1. The number of hydrogen-bond donors (Lipinski definition) is 1. The van der Waals surface area contributed by atoms with Crippen LogP contribution in [0.1, 0.15) is 12.5 Å². The second-order valence-electron chi connectivity index (χ2n) is 7.14. The average Bonchev–Trinajstić information content (AvgIpc) is 2.77. The number of rotatable bonds is 6. The zero-order valence-electron chi connectivity index (χ0n) is 16.9. The van der Waals surface area contributed by atoms with E-state index in [0.717, 1.165) is 5.56 Å². The molecule has 0 saturated carbocycles. The van der Waals surface area contributed by atoms with E-state index in [9.17, 15) is 9.59 Å². The number of nitrogens with one attached hydrogen (secondary N) is 1. The third kappa shape index (κ3) is 4.98. The van der Waals surface area contributed by atoms with Gasteiger partial charge in [0.1, 0.15) is 11.5 Å². The van der Waals surface area contributed by atoms with Gasteiger partial charge in [0, 0.05) is 10.7 Å². The molecule has 1 atom stereocenters. The van der Waals surface area contributed by atoms with Gasteiger partial charge in [-0.15, -0.1) is 0 Å². The van der Waals surface area contributed by atoms with Crippen LogP contribution in [0.4, 0.5) is 11.4 Å². The molecule has 1 heterocycles. The summed E-state index contributed by atoms with van der Waals surface area (Å²) in [6.07, 6.45) is -0.579. The summed E-state index contributed by atoms with van der Waals surface area (Å²) in [5.41, 5.74) is 2.16. The largest absolute Gasteiger partial charge is 0.484 e. The molecule has 0 bridgehead atoms. The Morgan fingerprint density at radius 2 is 1.84 bits per heavy atom. The van der Waals surface area contributed by atoms with Crippen molar-refractivity contribution in [2.45, 2.75) is 19.6 Å². The van der Waals surface area contributed by atoms with E-state index >= 15 is 0 Å². The van der Waals surface area contributed by atoms with Gasteiger partial charge in [-0.1, -0.05) is 41.9 Å². The molecule has 1 N–H and O–H groups in total. The Bertz CT molecular complexity index is 1090. The van der Waals surface area contributed by atoms with E-state index in [1.54, 1.807) is 54.3 Å². The van der Waals surface area contributed by atoms with Gasteiger partial charge in [-0.3, -0.25) is 9.59 Å². The van der Waals surface area contributed by atoms with Gasteiger partial charge >= 0.3 is 0 Å². The molecular formula is C24H21ClN2O4. The Hall–Kier alpha value is -3.51. The quantitative estimate of drug-likeness (QED) is 0.609. The third-order valence-corrected chi connectivity index (χ3v) is 5.07. The minimum atomic E-state index is -0.579. The van der Waals surface area contributed by atoms with Crippen LogP contribution in [-0.2, 0) is 16.1 Å². The first-order valence-corrected chi connectivity index (χ1v) is 10.2. The van der Waals surface area contributed by atoms with Crippen molar-refractivity contribution in [2.75, 3.05) is 16.8 Å². The Morgan fingerprint density at radius 1 is 1.10 bits per heavy atom. The number of halogens is 1. The van der Waals surface area contributed by atoms with Crippen LogP contribution in [0, 0.1) is 0 Å². The number of benzene rings is 3. The van der Waals surface area contributed by atoms with E-state index in [-0.39, 0.29) is 18.4 Å². The van der Waals surface area contributed by atoms with E-state index in [2.05, 4.69) is 5.32 Å². The van der Waals surface area contributed by atoms with Crippen LogP contribution < -0.4 is 19.7 Å². The minimum Gasteiger partial charge on any atom is -0.484 e. The lowest BCUT2D eigenvalue weighted by Crippen LogP contribution is -2.44. The molecule has 0 aromatic heterocycles. The molecule has 1 unspecified atom stereocenters. The Labute approximate surface area is 185 Å². The summed E-state index contributed by atoms with van der Waals surface area (Å²) < 4.78 is 11.2. The first kappa shape index (κ1) is 20.8. The SMILES string of the molecule is CC1Oc2ccc(NC(=O)COc3ccc(Cl)cc3)cc2N(Cc2ccccc2)C1=O. The second kappa shape index (κ2) is 9.10. The zero-order valence-corrected chi connectivity index (χ0v) is 17.6. The molecule has 1 aliphatic rings. The maximum Gasteiger partial charge on any atom is 0.268 e. The fourth-order valence-corrected chi connectivity index (χ4v) is 3.42. The van der Waals surface area contributed by atoms with Crippen LogP contribution in [0.15, 0.2) is 72.8 Å². The van der Waals surface area contributed by atoms with E-state index in [1.165, 1.54) is 0 Å². The molecule has 0 saturated heterocycles. The summed E-state index contributed by atoms with van der Waals surface area (Å²) in [5, 5.41) is 3.40. The average molecular weight is 437 g/mol. The topological polar surface area (TPSA) is 67.9 Å². The van der Waals surface area contributed by atoms with Gasteiger partial charge in [-0.25, -0.2) is 0 Å². The van der Waals surface area contributed by atoms with E-state index < -0.39 is 6.10 Å². The van der Waals surface area contributed by atoms with Crippen molar-refractivity contribution < 1.29 is 19.1 Å². The van der Waals surface area contributed by atoms with Crippen molar-refractivity contribution in [1.82, 2.24) is 0 Å². The van der Waals surface area contributed by atoms with Crippen LogP contribution in [-0.4, -0.2) is 24.5 Å². The molecule has 6 nitrogen and oxygen atoms in total. The first-order chi connectivity index (χ1) is 15.0. The lowest BCUT2D eigenvalue weighted by atomic mass is 10.1. The molecule has 2 amide bonds. The van der Waals surface area contributed by atoms with Gasteiger partial charge in [0.25, 0.3) is 11.8 Å². The first-order valence-electron chi connectivity index (χ1n) is 9.84. The Kier molecular flexibility index (Phi) is 6.09. The number of carbonyl (C=O) groups excluding carboxylic acids is 2. The standard InChI is InChI=1S/C24H21ClN2O4/c1-16-24(29)27(14-17-5-3-2-4-6-17)21-13-19(9-12-22(21)31-16)26-23(28)15-30-20-10-7-18(25)8-11-20/h2-13,16H,14-15H2,1H3,(H,26,28). The van der Waals surface area contributed by atoms with E-state index in [1.807, 2.05) is 30.3 Å². The molecular weight excluding hydrogens is 416 g/mol. The summed E-state index contributed by atoms with van der Waals surface area (Å²) in [6.45, 7) is 1.99. The Balaban J connectivity index is 1.48.